The molecule has 0 bridgehead atoms. The maximum atomic E-state index is 13.5. The molecule has 2 aromatic heterocycles. The Morgan fingerprint density at radius 1 is 1.04 bits per heavy atom. The molecular weight excluding hydrogens is 343 g/mol. The van der Waals surface area contributed by atoms with Gasteiger partial charge in [-0.3, -0.25) is 4.79 Å². The number of rotatable bonds is 3. The number of aryl methyl sites for hydroxylation is 3. The SMILES string of the molecule is Cc1ccc(-n2ncc3c(C)nn(Cc4cccc(F)c4)c(=O)c32)cc1C. The molecule has 0 N–H and O–H groups in total. The van der Waals surface area contributed by atoms with Gasteiger partial charge in [0.15, 0.2) is 0 Å². The highest BCUT2D eigenvalue weighted by Crippen LogP contribution is 2.19. The minimum atomic E-state index is -0.335. The van der Waals surface area contributed by atoms with Crippen molar-refractivity contribution in [3.05, 3.63) is 87.2 Å². The van der Waals surface area contributed by atoms with Crippen LogP contribution >= 0.6 is 0 Å². The van der Waals surface area contributed by atoms with Crippen LogP contribution in [-0.2, 0) is 6.54 Å². The molecule has 0 radical (unpaired) electrons. The van der Waals surface area contributed by atoms with E-state index in [0.29, 0.717) is 22.2 Å². The minimum absolute atomic E-state index is 0.200. The Morgan fingerprint density at radius 3 is 2.59 bits per heavy atom. The molecule has 0 aliphatic rings. The number of benzene rings is 2. The van der Waals surface area contributed by atoms with Crippen molar-refractivity contribution >= 4 is 10.9 Å². The highest BCUT2D eigenvalue weighted by atomic mass is 19.1. The van der Waals surface area contributed by atoms with E-state index >= 15 is 0 Å². The highest BCUT2D eigenvalue weighted by Gasteiger charge is 2.15. The molecule has 136 valence electrons. The predicted molar refractivity (Wildman–Crippen MR) is 103 cm³/mol. The zero-order chi connectivity index (χ0) is 19.1. The van der Waals surface area contributed by atoms with E-state index in [1.807, 2.05) is 39.0 Å². The molecule has 6 heteroatoms. The second-order valence-corrected chi connectivity index (χ2v) is 6.77. The first-order valence-electron chi connectivity index (χ1n) is 8.71. The van der Waals surface area contributed by atoms with Crippen molar-refractivity contribution in [2.45, 2.75) is 27.3 Å². The van der Waals surface area contributed by atoms with E-state index in [0.717, 1.165) is 11.3 Å². The number of fused-ring (bicyclic) bond motifs is 1. The van der Waals surface area contributed by atoms with Gasteiger partial charge < -0.3 is 0 Å². The van der Waals surface area contributed by atoms with Gasteiger partial charge in [-0.2, -0.15) is 10.2 Å². The lowest BCUT2D eigenvalue weighted by molar-refractivity contribution is 0.609. The predicted octanol–water partition coefficient (Wildman–Crippen LogP) is 3.69. The Hall–Kier alpha value is -3.28. The first kappa shape index (κ1) is 17.1. The van der Waals surface area contributed by atoms with Crippen molar-refractivity contribution in [2.75, 3.05) is 0 Å². The summed E-state index contributed by atoms with van der Waals surface area (Å²) in [5.74, 6) is -0.335. The molecular formula is C21H19FN4O. The molecule has 0 saturated carbocycles. The van der Waals surface area contributed by atoms with E-state index in [1.54, 1.807) is 23.0 Å². The summed E-state index contributed by atoms with van der Waals surface area (Å²) >= 11 is 0. The van der Waals surface area contributed by atoms with Crippen LogP contribution in [0.4, 0.5) is 4.39 Å². The second-order valence-electron chi connectivity index (χ2n) is 6.77. The van der Waals surface area contributed by atoms with E-state index in [4.69, 9.17) is 0 Å². The van der Waals surface area contributed by atoms with E-state index in [-0.39, 0.29) is 17.9 Å². The monoisotopic (exact) mass is 362 g/mol. The number of hydrogen-bond donors (Lipinski definition) is 0. The molecule has 2 aromatic carbocycles. The lowest BCUT2D eigenvalue weighted by Gasteiger charge is -2.10. The molecule has 0 spiro atoms. The number of aromatic nitrogens is 4. The fraction of sp³-hybridized carbons (Fsp3) is 0.190. The minimum Gasteiger partial charge on any atom is -0.265 e. The van der Waals surface area contributed by atoms with Gasteiger partial charge in [-0.15, -0.1) is 0 Å². The van der Waals surface area contributed by atoms with Gasteiger partial charge in [0.2, 0.25) is 0 Å². The molecule has 0 aliphatic carbocycles. The lowest BCUT2D eigenvalue weighted by Crippen LogP contribution is -2.26. The zero-order valence-electron chi connectivity index (χ0n) is 15.4. The third kappa shape index (κ3) is 3.03. The number of hydrogen-bond acceptors (Lipinski definition) is 3. The third-order valence-corrected chi connectivity index (χ3v) is 4.82. The topological polar surface area (TPSA) is 52.7 Å². The van der Waals surface area contributed by atoms with Gasteiger partial charge in [0.05, 0.1) is 24.1 Å². The summed E-state index contributed by atoms with van der Waals surface area (Å²) < 4.78 is 16.5. The summed E-state index contributed by atoms with van der Waals surface area (Å²) in [6.45, 7) is 6.11. The molecule has 0 aliphatic heterocycles. The molecule has 2 heterocycles. The number of nitrogens with zero attached hydrogens (tertiary/aromatic N) is 4. The van der Waals surface area contributed by atoms with Crippen molar-refractivity contribution in [3.8, 4) is 5.69 Å². The van der Waals surface area contributed by atoms with Crippen LogP contribution < -0.4 is 5.56 Å². The fourth-order valence-electron chi connectivity index (χ4n) is 3.19. The van der Waals surface area contributed by atoms with Crippen LogP contribution in [0, 0.1) is 26.6 Å². The van der Waals surface area contributed by atoms with Crippen LogP contribution in [0.5, 0.6) is 0 Å². The molecule has 27 heavy (non-hydrogen) atoms. The van der Waals surface area contributed by atoms with E-state index in [2.05, 4.69) is 10.2 Å². The molecule has 0 amide bonds. The van der Waals surface area contributed by atoms with Crippen LogP contribution in [0.1, 0.15) is 22.4 Å². The normalized spacial score (nSPS) is 11.3. The van der Waals surface area contributed by atoms with Gasteiger partial charge in [0, 0.05) is 5.39 Å². The van der Waals surface area contributed by atoms with E-state index < -0.39 is 0 Å². The molecule has 5 nitrogen and oxygen atoms in total. The van der Waals surface area contributed by atoms with Crippen LogP contribution in [-0.4, -0.2) is 19.6 Å². The van der Waals surface area contributed by atoms with Gasteiger partial charge >= 0.3 is 0 Å². The van der Waals surface area contributed by atoms with Crippen LogP contribution in [0.25, 0.3) is 16.6 Å². The molecule has 0 unspecified atom stereocenters. The van der Waals surface area contributed by atoms with Crippen molar-refractivity contribution in [2.24, 2.45) is 0 Å². The average molecular weight is 362 g/mol. The van der Waals surface area contributed by atoms with Crippen molar-refractivity contribution in [1.82, 2.24) is 19.6 Å². The Bertz CT molecular complexity index is 1220. The Morgan fingerprint density at radius 2 is 1.85 bits per heavy atom. The Balaban J connectivity index is 1.89. The molecule has 0 atom stereocenters. The summed E-state index contributed by atoms with van der Waals surface area (Å²) in [6.07, 6.45) is 1.67. The van der Waals surface area contributed by atoms with E-state index in [1.165, 1.54) is 22.4 Å². The van der Waals surface area contributed by atoms with Crippen LogP contribution in [0.15, 0.2) is 53.5 Å². The molecule has 0 saturated heterocycles. The second kappa shape index (κ2) is 6.46. The summed E-state index contributed by atoms with van der Waals surface area (Å²) in [4.78, 5) is 13.1. The fourth-order valence-corrected chi connectivity index (χ4v) is 3.19. The summed E-state index contributed by atoms with van der Waals surface area (Å²) in [5, 5.41) is 9.53. The Labute approximate surface area is 155 Å². The van der Waals surface area contributed by atoms with Crippen molar-refractivity contribution < 1.29 is 4.39 Å². The zero-order valence-corrected chi connectivity index (χ0v) is 15.4. The van der Waals surface area contributed by atoms with Gasteiger partial charge in [0.25, 0.3) is 5.56 Å². The van der Waals surface area contributed by atoms with Crippen molar-refractivity contribution in [3.63, 3.8) is 0 Å². The number of halogens is 1. The summed E-state index contributed by atoms with van der Waals surface area (Å²) in [5.41, 5.74) is 4.74. The van der Waals surface area contributed by atoms with Gasteiger partial charge in [-0.1, -0.05) is 18.2 Å². The van der Waals surface area contributed by atoms with Gasteiger partial charge in [-0.25, -0.2) is 13.8 Å². The lowest BCUT2D eigenvalue weighted by atomic mass is 10.1. The summed E-state index contributed by atoms with van der Waals surface area (Å²) in [6, 6.07) is 12.2. The third-order valence-electron chi connectivity index (χ3n) is 4.82. The molecule has 4 aromatic rings. The highest BCUT2D eigenvalue weighted by molar-refractivity contribution is 5.81. The smallest absolute Gasteiger partial charge is 0.265 e. The summed E-state index contributed by atoms with van der Waals surface area (Å²) in [7, 11) is 0. The largest absolute Gasteiger partial charge is 0.293 e. The quantitative estimate of drug-likeness (QED) is 0.558. The van der Waals surface area contributed by atoms with Crippen molar-refractivity contribution in [1.29, 1.82) is 0 Å². The van der Waals surface area contributed by atoms with Gasteiger partial charge in [0.1, 0.15) is 11.3 Å². The standard InChI is InChI=1S/C21H19FN4O/c1-13-7-8-18(9-14(13)2)26-20-19(11-23-26)15(3)24-25(21(20)27)12-16-5-4-6-17(22)10-16/h4-11H,12H2,1-3H3. The van der Waals surface area contributed by atoms with Crippen LogP contribution in [0.2, 0.25) is 0 Å². The molecule has 4 rings (SSSR count). The van der Waals surface area contributed by atoms with Gasteiger partial charge in [-0.05, 0) is 61.7 Å². The van der Waals surface area contributed by atoms with Crippen LogP contribution in [0.3, 0.4) is 0 Å². The molecule has 0 fully saturated rings. The average Bonchev–Trinajstić information content (AvgIpc) is 3.08. The first-order chi connectivity index (χ1) is 12.9. The maximum Gasteiger partial charge on any atom is 0.293 e. The Kier molecular flexibility index (Phi) is 4.11. The first-order valence-corrected chi connectivity index (χ1v) is 8.71. The maximum absolute atomic E-state index is 13.5. The van der Waals surface area contributed by atoms with E-state index in [9.17, 15) is 9.18 Å².